The number of aliphatic hydroxyl groups excluding tert-OH is 4. The molecule has 34 heavy (non-hydrogen) atoms. The van der Waals surface area contributed by atoms with Gasteiger partial charge in [0, 0.05) is 12.1 Å². The van der Waals surface area contributed by atoms with Gasteiger partial charge in [0.15, 0.2) is 0 Å². The third-order valence-electron chi connectivity index (χ3n) is 5.69. The molecule has 0 spiro atoms. The molecule has 0 amide bonds. The van der Waals surface area contributed by atoms with Crippen molar-refractivity contribution in [2.24, 2.45) is 5.92 Å². The minimum Gasteiger partial charge on any atom is -0.512 e. The lowest BCUT2D eigenvalue weighted by Gasteiger charge is -2.16. The van der Waals surface area contributed by atoms with E-state index < -0.39 is 18.1 Å². The summed E-state index contributed by atoms with van der Waals surface area (Å²) in [5.74, 6) is 0.938. The summed E-state index contributed by atoms with van der Waals surface area (Å²) in [6.07, 6.45) is 5.86. The molecule has 0 aromatic heterocycles. The second kappa shape index (κ2) is 13.0. The molecule has 0 aliphatic heterocycles. The summed E-state index contributed by atoms with van der Waals surface area (Å²) >= 11 is 0. The molecule has 2 unspecified atom stereocenters. The van der Waals surface area contributed by atoms with E-state index in [9.17, 15) is 20.4 Å². The van der Waals surface area contributed by atoms with Crippen molar-refractivity contribution in [2.75, 3.05) is 33.4 Å². The van der Waals surface area contributed by atoms with Crippen LogP contribution in [0.25, 0.3) is 0 Å². The second-order valence-electron chi connectivity index (χ2n) is 8.09. The van der Waals surface area contributed by atoms with E-state index in [0.29, 0.717) is 35.7 Å². The maximum Gasteiger partial charge on any atom is 0.124 e. The van der Waals surface area contributed by atoms with Gasteiger partial charge in [0.05, 0.1) is 25.7 Å². The summed E-state index contributed by atoms with van der Waals surface area (Å²) in [4.78, 5) is 0. The minimum atomic E-state index is -0.793. The van der Waals surface area contributed by atoms with Crippen molar-refractivity contribution in [3.05, 3.63) is 95.3 Å². The first-order valence-electron chi connectivity index (χ1n) is 11.3. The summed E-state index contributed by atoms with van der Waals surface area (Å²) in [5, 5.41) is 43.1. The molecule has 3 atom stereocenters. The van der Waals surface area contributed by atoms with Gasteiger partial charge in [0.2, 0.25) is 0 Å². The van der Waals surface area contributed by atoms with Crippen molar-refractivity contribution < 1.29 is 29.9 Å². The highest BCUT2D eigenvalue weighted by Gasteiger charge is 2.15. The number of nitrogens with one attached hydrogen (secondary N) is 1. The number of aliphatic hydroxyl groups is 4. The lowest BCUT2D eigenvalue weighted by molar-refractivity contribution is 0.105. The highest BCUT2D eigenvalue weighted by molar-refractivity contribution is 5.36. The van der Waals surface area contributed by atoms with Crippen LogP contribution in [0.4, 0.5) is 0 Å². The normalized spacial score (nSPS) is 17.4. The van der Waals surface area contributed by atoms with Crippen molar-refractivity contribution >= 4 is 0 Å². The van der Waals surface area contributed by atoms with Gasteiger partial charge in [-0.25, -0.2) is 0 Å². The fourth-order valence-corrected chi connectivity index (χ4v) is 3.61. The second-order valence-corrected chi connectivity index (χ2v) is 8.09. The van der Waals surface area contributed by atoms with Crippen LogP contribution in [0.1, 0.15) is 17.2 Å². The van der Waals surface area contributed by atoms with E-state index in [4.69, 9.17) is 9.47 Å². The molecular formula is C27H33NO6. The molecule has 1 aliphatic carbocycles. The van der Waals surface area contributed by atoms with Crippen LogP contribution in [-0.2, 0) is 6.42 Å². The largest absolute Gasteiger partial charge is 0.512 e. The first kappa shape index (κ1) is 25.5. The molecule has 2 aromatic carbocycles. The molecule has 2 aromatic rings. The molecule has 7 heteroatoms. The fraction of sp³-hybridized carbons (Fsp3) is 0.333. The Bertz CT molecular complexity index is 998. The Labute approximate surface area is 200 Å². The SMILES string of the molecule is COc1ccccc1[C@@H](O)COc1ccc(CCNCC(O)C2=CC=C(O)C(CO)C=C2)cc1. The van der Waals surface area contributed by atoms with Crippen molar-refractivity contribution in [2.45, 2.75) is 18.6 Å². The first-order valence-corrected chi connectivity index (χ1v) is 11.3. The number of benzene rings is 2. The van der Waals surface area contributed by atoms with Crippen molar-refractivity contribution in [3.8, 4) is 11.5 Å². The molecule has 0 saturated heterocycles. The van der Waals surface area contributed by atoms with E-state index in [2.05, 4.69) is 5.32 Å². The molecule has 3 rings (SSSR count). The zero-order valence-corrected chi connectivity index (χ0v) is 19.3. The molecule has 0 heterocycles. The van der Waals surface area contributed by atoms with Gasteiger partial charge >= 0.3 is 0 Å². The molecule has 0 saturated carbocycles. The van der Waals surface area contributed by atoms with Gasteiger partial charge in [-0.3, -0.25) is 0 Å². The van der Waals surface area contributed by atoms with Crippen LogP contribution < -0.4 is 14.8 Å². The number of methoxy groups -OCH3 is 1. The number of rotatable bonds is 12. The molecule has 0 radical (unpaired) electrons. The lowest BCUT2D eigenvalue weighted by Crippen LogP contribution is -2.29. The Morgan fingerprint density at radius 3 is 2.50 bits per heavy atom. The Balaban J connectivity index is 1.40. The van der Waals surface area contributed by atoms with Crippen LogP contribution >= 0.6 is 0 Å². The van der Waals surface area contributed by atoms with Gasteiger partial charge in [-0.15, -0.1) is 0 Å². The number of para-hydroxylation sites is 1. The van der Waals surface area contributed by atoms with E-state index in [-0.39, 0.29) is 19.0 Å². The predicted molar refractivity (Wildman–Crippen MR) is 131 cm³/mol. The van der Waals surface area contributed by atoms with Crippen molar-refractivity contribution in [3.63, 3.8) is 0 Å². The van der Waals surface area contributed by atoms with Crippen molar-refractivity contribution in [1.82, 2.24) is 5.32 Å². The average molecular weight is 468 g/mol. The standard InChI is InChI=1S/C27H33NO6/c1-33-27-5-3-2-4-23(27)26(32)18-34-22-11-6-19(7-12-22)14-15-28-16-25(31)20-8-9-21(17-29)24(30)13-10-20/h2-13,21,25-26,28-32H,14-18H2,1H3/t21?,25?,26-/m0/s1. The zero-order chi connectivity index (χ0) is 24.3. The Kier molecular flexibility index (Phi) is 9.73. The van der Waals surface area contributed by atoms with Gasteiger partial charge in [0.1, 0.15) is 30.0 Å². The molecule has 5 N–H and O–H groups in total. The third kappa shape index (κ3) is 7.20. The molecule has 0 bridgehead atoms. The van der Waals surface area contributed by atoms with Crippen LogP contribution in [-0.4, -0.2) is 59.9 Å². The average Bonchev–Trinajstić information content (AvgIpc) is 3.06. The topological polar surface area (TPSA) is 111 Å². The Morgan fingerprint density at radius 1 is 1.00 bits per heavy atom. The molecule has 182 valence electrons. The Morgan fingerprint density at radius 2 is 1.76 bits per heavy atom. The van der Waals surface area contributed by atoms with Crippen LogP contribution in [0.3, 0.4) is 0 Å². The predicted octanol–water partition coefficient (Wildman–Crippen LogP) is 2.85. The maximum atomic E-state index is 10.4. The minimum absolute atomic E-state index is 0.0793. The van der Waals surface area contributed by atoms with Crippen LogP contribution in [0.2, 0.25) is 0 Å². The van der Waals surface area contributed by atoms with Crippen molar-refractivity contribution in [1.29, 1.82) is 0 Å². The number of allylic oxidation sites excluding steroid dienone is 2. The smallest absolute Gasteiger partial charge is 0.124 e. The fourth-order valence-electron chi connectivity index (χ4n) is 3.61. The first-order chi connectivity index (χ1) is 16.5. The number of hydrogen-bond donors (Lipinski definition) is 5. The van der Waals surface area contributed by atoms with Gasteiger partial charge in [-0.2, -0.15) is 0 Å². The van der Waals surface area contributed by atoms with Gasteiger partial charge in [-0.05, 0) is 48.4 Å². The summed E-state index contributed by atoms with van der Waals surface area (Å²) in [7, 11) is 1.57. The van der Waals surface area contributed by atoms with Crippen LogP contribution in [0.15, 0.2) is 84.2 Å². The quantitative estimate of drug-likeness (QED) is 0.305. The van der Waals surface area contributed by atoms with E-state index >= 15 is 0 Å². The zero-order valence-electron chi connectivity index (χ0n) is 19.3. The summed E-state index contributed by atoms with van der Waals surface area (Å²) < 4.78 is 11.0. The molecule has 7 nitrogen and oxygen atoms in total. The van der Waals surface area contributed by atoms with Crippen LogP contribution in [0, 0.1) is 5.92 Å². The number of hydrogen-bond acceptors (Lipinski definition) is 7. The highest BCUT2D eigenvalue weighted by atomic mass is 16.5. The van der Waals surface area contributed by atoms with E-state index in [1.165, 1.54) is 6.08 Å². The Hall–Kier alpha value is -3.10. The highest BCUT2D eigenvalue weighted by Crippen LogP contribution is 2.25. The number of ether oxygens (including phenoxy) is 2. The molecule has 1 aliphatic rings. The van der Waals surface area contributed by atoms with Gasteiger partial charge < -0.3 is 35.2 Å². The lowest BCUT2D eigenvalue weighted by atomic mass is 10.1. The van der Waals surface area contributed by atoms with E-state index in [0.717, 1.165) is 12.0 Å². The monoisotopic (exact) mass is 467 g/mol. The summed E-state index contributed by atoms with van der Waals surface area (Å²) in [5.41, 5.74) is 2.48. The van der Waals surface area contributed by atoms with Crippen LogP contribution in [0.5, 0.6) is 11.5 Å². The van der Waals surface area contributed by atoms with E-state index in [1.807, 2.05) is 42.5 Å². The van der Waals surface area contributed by atoms with Gasteiger partial charge in [0.25, 0.3) is 0 Å². The van der Waals surface area contributed by atoms with E-state index in [1.54, 1.807) is 31.4 Å². The van der Waals surface area contributed by atoms with Gasteiger partial charge in [-0.1, -0.05) is 48.6 Å². The molecule has 0 fully saturated rings. The summed E-state index contributed by atoms with van der Waals surface area (Å²) in [6.45, 7) is 0.994. The molecular weight excluding hydrogens is 434 g/mol. The third-order valence-corrected chi connectivity index (χ3v) is 5.69. The summed E-state index contributed by atoms with van der Waals surface area (Å²) in [6, 6.07) is 15.0. The maximum absolute atomic E-state index is 10.4.